The third-order valence-corrected chi connectivity index (χ3v) is 6.90. The van der Waals surface area contributed by atoms with Crippen molar-refractivity contribution < 1.29 is 17.8 Å². The second-order valence-electron chi connectivity index (χ2n) is 10.9. The van der Waals surface area contributed by atoms with Crippen molar-refractivity contribution in [2.75, 3.05) is 0 Å². The lowest BCUT2D eigenvalue weighted by molar-refractivity contribution is 0.416. The fraction of sp³-hybridized carbons (Fsp3) is 0.113. The Kier molecular flexibility index (Phi) is 77.9. The van der Waals surface area contributed by atoms with Gasteiger partial charge in [0.05, 0.1) is 36.9 Å². The first-order valence-electron chi connectivity index (χ1n) is 20.6. The number of furan rings is 1. The highest BCUT2D eigenvalue weighted by molar-refractivity contribution is 7.07. The molecule has 0 amide bonds. The molecule has 0 radical (unpaired) electrons. The summed E-state index contributed by atoms with van der Waals surface area (Å²) in [6, 6.07) is 20.9. The van der Waals surface area contributed by atoms with Gasteiger partial charge in [0.25, 0.3) is 0 Å². The van der Waals surface area contributed by atoms with Crippen LogP contribution in [0.5, 0.6) is 0 Å². The summed E-state index contributed by atoms with van der Waals surface area (Å²) in [5, 5.41) is 22.1. The molecule has 27 heteroatoms. The molecule has 0 saturated heterocycles. The van der Waals surface area contributed by atoms with Crippen molar-refractivity contribution in [3.63, 3.8) is 0 Å². The summed E-state index contributed by atoms with van der Waals surface area (Å²) < 4.78 is 17.6. The number of imidazole rings is 2. The molecule has 0 atom stereocenters. The molecule has 14 aromatic heterocycles. The van der Waals surface area contributed by atoms with E-state index in [4.69, 9.17) is 0 Å². The van der Waals surface area contributed by atoms with Crippen LogP contribution in [0.3, 0.4) is 0 Å². The van der Waals surface area contributed by atoms with Crippen LogP contribution in [0.15, 0.2) is 306 Å². The maximum Gasteiger partial charge on any atom is 0.213 e. The van der Waals surface area contributed by atoms with Gasteiger partial charge in [-0.15, -0.1) is 21.5 Å². The first kappa shape index (κ1) is 80.7. The normalized spacial score (nSPS) is 7.40. The van der Waals surface area contributed by atoms with Gasteiger partial charge in [-0.2, -0.15) is 16.4 Å². The van der Waals surface area contributed by atoms with E-state index in [1.54, 1.807) is 159 Å². The number of hydrogen-bond donors (Lipinski definition) is 4. The quantitative estimate of drug-likeness (QED) is 0.110. The third kappa shape index (κ3) is 73.9. The Morgan fingerprint density at radius 2 is 0.875 bits per heavy atom. The Morgan fingerprint density at radius 3 is 1.04 bits per heavy atom. The van der Waals surface area contributed by atoms with E-state index < -0.39 is 0 Å². The fourth-order valence-corrected chi connectivity index (χ4v) is 3.83. The standard InChI is InChI=1S/C5H5N.2C4H4N2.C4H5N.C4H4O.C4H4S.C3H3N3.3C3H4N2.C3H3NO.C3H3NS.2C2H2N2O.6CH4/c1-2-4-6-5-3-1;1-2-6-4-3-5-1;1-2-5-4-6-3-1;3*1-2-4-5-3-1;1-4-2-6-3-5-1;2*1-2-5-3-4-1;1-2-4-5-3-1;2*1-2-5-3-4-1;1-3-4-2-5-1;1-3-2-5-4-1;;;;;;/h1-5H;2*1-4H;1-5H;2*1-4H;1-3H;3*1-3H,(H,4,5);2*1-3H;2*1-2H;6*1H4. The largest absolute Gasteiger partial charge is 0.473 e. The van der Waals surface area contributed by atoms with E-state index in [2.05, 4.69) is 123 Å². The molecule has 25 nitrogen and oxygen atoms in total. The molecular formula is C53H75N21O4S2. The second-order valence-corrected chi connectivity index (χ2v) is 12.5. The van der Waals surface area contributed by atoms with Crippen molar-refractivity contribution in [2.45, 2.75) is 44.6 Å². The molecule has 0 saturated carbocycles. The number of nitrogens with one attached hydrogen (secondary N) is 4. The van der Waals surface area contributed by atoms with Crippen LogP contribution in [-0.4, -0.2) is 105 Å². The number of thiazole rings is 1. The lowest BCUT2D eigenvalue weighted by atomic mass is 10.5. The minimum Gasteiger partial charge on any atom is -0.473 e. The van der Waals surface area contributed by atoms with Crippen LogP contribution in [0.4, 0.5) is 0 Å². The van der Waals surface area contributed by atoms with Gasteiger partial charge in [-0.05, 0) is 59.3 Å². The maximum absolute atomic E-state index is 4.58. The Morgan fingerprint density at radius 1 is 0.300 bits per heavy atom. The molecule has 0 aliphatic heterocycles. The van der Waals surface area contributed by atoms with Crippen molar-refractivity contribution in [3.05, 3.63) is 289 Å². The van der Waals surface area contributed by atoms with Crippen LogP contribution in [-0.2, 0) is 0 Å². The van der Waals surface area contributed by atoms with E-state index in [9.17, 15) is 0 Å². The van der Waals surface area contributed by atoms with Gasteiger partial charge in [0.15, 0.2) is 12.7 Å². The highest BCUT2D eigenvalue weighted by atomic mass is 32.1. The average Bonchev–Trinajstić information content (AvgIpc) is 4.33. The summed E-state index contributed by atoms with van der Waals surface area (Å²) in [6.45, 7) is 0. The molecule has 4 N–H and O–H groups in total. The zero-order chi connectivity index (χ0) is 52.3. The van der Waals surface area contributed by atoms with Gasteiger partial charge < -0.3 is 32.7 Å². The van der Waals surface area contributed by atoms with Crippen molar-refractivity contribution in [1.29, 1.82) is 0 Å². The monoisotopic (exact) mass is 1130 g/mol. The first-order valence-corrected chi connectivity index (χ1v) is 22.5. The predicted octanol–water partition coefficient (Wildman–Crippen LogP) is 13.0. The number of H-pyrrole nitrogens is 4. The van der Waals surface area contributed by atoms with Crippen LogP contribution in [0.1, 0.15) is 44.6 Å². The van der Waals surface area contributed by atoms with Gasteiger partial charge in [-0.1, -0.05) is 67.9 Å². The molecular weight excluding hydrogens is 1060 g/mol. The van der Waals surface area contributed by atoms with E-state index in [1.165, 1.54) is 63.5 Å². The summed E-state index contributed by atoms with van der Waals surface area (Å²) in [5.41, 5.74) is 1.79. The van der Waals surface area contributed by atoms with Crippen LogP contribution in [0.2, 0.25) is 0 Å². The molecule has 0 aliphatic carbocycles. The molecule has 0 unspecified atom stereocenters. The Balaban J connectivity index is -0.000000183. The molecule has 0 spiro atoms. The lowest BCUT2D eigenvalue weighted by Gasteiger charge is -1.70. The smallest absolute Gasteiger partial charge is 0.213 e. The minimum atomic E-state index is 0. The van der Waals surface area contributed by atoms with Gasteiger partial charge in [0.2, 0.25) is 19.2 Å². The number of nitrogens with zero attached hydrogens (tertiary/aromatic N) is 17. The number of hydrogen-bond acceptors (Lipinski definition) is 23. The third-order valence-electron chi connectivity index (χ3n) is 5.75. The molecule has 14 heterocycles. The molecule has 0 bridgehead atoms. The number of rotatable bonds is 0. The van der Waals surface area contributed by atoms with Gasteiger partial charge in [0.1, 0.15) is 31.6 Å². The number of oxazole rings is 1. The van der Waals surface area contributed by atoms with Crippen molar-refractivity contribution >= 4 is 22.7 Å². The second kappa shape index (κ2) is 77.2. The van der Waals surface area contributed by atoms with E-state index in [0.717, 1.165) is 0 Å². The highest BCUT2D eigenvalue weighted by Crippen LogP contribution is 1.91. The summed E-state index contributed by atoms with van der Waals surface area (Å²) in [4.78, 5) is 55.7. The zero-order valence-corrected chi connectivity index (χ0v) is 40.8. The summed E-state index contributed by atoms with van der Waals surface area (Å²) in [6.07, 6.45) is 51.2. The average molecular weight is 1130 g/mol. The van der Waals surface area contributed by atoms with Gasteiger partial charge in [0, 0.05) is 111 Å². The van der Waals surface area contributed by atoms with Crippen molar-refractivity contribution in [3.8, 4) is 0 Å². The predicted molar refractivity (Wildman–Crippen MR) is 315 cm³/mol. The van der Waals surface area contributed by atoms with Crippen LogP contribution in [0.25, 0.3) is 0 Å². The van der Waals surface area contributed by atoms with E-state index in [-0.39, 0.29) is 44.6 Å². The van der Waals surface area contributed by atoms with Crippen molar-refractivity contribution in [2.24, 2.45) is 0 Å². The molecule has 14 aromatic rings. The van der Waals surface area contributed by atoms with E-state index in [0.29, 0.717) is 0 Å². The molecule has 0 aromatic carbocycles. The topological polar surface area (TPSA) is 335 Å². The fourth-order valence-electron chi connectivity index (χ4n) is 3.02. The number of aromatic amines is 4. The molecule has 0 aliphatic rings. The van der Waals surface area contributed by atoms with Gasteiger partial charge in [-0.3, -0.25) is 25.0 Å². The Hall–Kier alpha value is -10.7. The number of thiophene rings is 1. The summed E-state index contributed by atoms with van der Waals surface area (Å²) in [5.74, 6) is 0. The van der Waals surface area contributed by atoms with E-state index in [1.807, 2.05) is 89.2 Å². The molecule has 0 fully saturated rings. The van der Waals surface area contributed by atoms with Crippen molar-refractivity contribution in [1.82, 2.24) is 105 Å². The summed E-state index contributed by atoms with van der Waals surface area (Å²) >= 11 is 3.31. The lowest BCUT2D eigenvalue weighted by Crippen LogP contribution is -1.73. The maximum atomic E-state index is 4.58. The molecule has 428 valence electrons. The van der Waals surface area contributed by atoms with E-state index >= 15 is 0 Å². The molecule has 14 rings (SSSR count). The Labute approximate surface area is 476 Å². The van der Waals surface area contributed by atoms with Crippen LogP contribution < -0.4 is 0 Å². The zero-order valence-electron chi connectivity index (χ0n) is 39.2. The number of aromatic nitrogens is 21. The summed E-state index contributed by atoms with van der Waals surface area (Å²) in [7, 11) is 0. The SMILES string of the molecule is C.C.C.C.C.C.c1c[nH]cn1.c1c[nH]cn1.c1cc[nH]c1.c1ccncc1.c1ccoc1.c1ccsc1.c1cn[nH]c1.c1cnccn1.c1cncnc1.c1cocn1.c1cscn1.c1ncncn1.c1ncon1.c1nnco1. The Bertz CT molecular complexity index is 1870. The highest BCUT2D eigenvalue weighted by Gasteiger charge is 1.65. The minimum absolute atomic E-state index is 0. The molecule has 80 heavy (non-hydrogen) atoms. The van der Waals surface area contributed by atoms with Gasteiger partial charge >= 0.3 is 0 Å². The van der Waals surface area contributed by atoms with Crippen LogP contribution >= 0.6 is 22.7 Å². The van der Waals surface area contributed by atoms with Crippen LogP contribution in [0, 0.1) is 0 Å². The van der Waals surface area contributed by atoms with Gasteiger partial charge in [-0.25, -0.2) is 44.9 Å². The first-order chi connectivity index (χ1) is 37.0. The number of pyridine rings is 1.